The van der Waals surface area contributed by atoms with Crippen molar-refractivity contribution in [2.75, 3.05) is 0 Å². The molecular formula is C46H30N4. The summed E-state index contributed by atoms with van der Waals surface area (Å²) in [6, 6.07) is 61.0. The van der Waals surface area contributed by atoms with Crippen LogP contribution in [0.2, 0.25) is 0 Å². The molecule has 0 saturated carbocycles. The quantitative estimate of drug-likeness (QED) is 0.170. The van der Waals surface area contributed by atoms with E-state index in [-0.39, 0.29) is 0 Å². The summed E-state index contributed by atoms with van der Waals surface area (Å²) in [5.74, 6) is 1.92. The van der Waals surface area contributed by atoms with E-state index < -0.39 is 0 Å². The number of nitrogens with zero attached hydrogens (tertiary/aromatic N) is 4. The Morgan fingerprint density at radius 2 is 0.700 bits per heavy atom. The van der Waals surface area contributed by atoms with Gasteiger partial charge in [0.1, 0.15) is 0 Å². The Balaban J connectivity index is 1.04. The van der Waals surface area contributed by atoms with Crippen molar-refractivity contribution in [3.63, 3.8) is 0 Å². The zero-order chi connectivity index (χ0) is 33.3. The molecule has 234 valence electrons. The van der Waals surface area contributed by atoms with Crippen LogP contribution in [0.25, 0.3) is 89.2 Å². The molecule has 0 amide bonds. The highest BCUT2D eigenvalue weighted by Crippen LogP contribution is 2.32. The van der Waals surface area contributed by atoms with Gasteiger partial charge in [-0.2, -0.15) is 0 Å². The molecule has 0 spiro atoms. The van der Waals surface area contributed by atoms with E-state index in [4.69, 9.17) is 19.9 Å². The summed E-state index contributed by atoms with van der Waals surface area (Å²) in [5, 5.41) is 3.54. The summed E-state index contributed by atoms with van der Waals surface area (Å²) >= 11 is 0. The van der Waals surface area contributed by atoms with Gasteiger partial charge in [0.15, 0.2) is 17.5 Å². The zero-order valence-electron chi connectivity index (χ0n) is 27.1. The molecule has 50 heavy (non-hydrogen) atoms. The molecule has 0 unspecified atom stereocenters. The second-order valence-corrected chi connectivity index (χ2v) is 12.4. The average molecular weight is 639 g/mol. The van der Waals surface area contributed by atoms with E-state index in [9.17, 15) is 0 Å². The Kier molecular flexibility index (Phi) is 7.45. The Morgan fingerprint density at radius 3 is 1.34 bits per heavy atom. The highest BCUT2D eigenvalue weighted by atomic mass is 15.0. The average Bonchev–Trinajstić information content (AvgIpc) is 3.21. The van der Waals surface area contributed by atoms with E-state index in [0.29, 0.717) is 17.5 Å². The summed E-state index contributed by atoms with van der Waals surface area (Å²) in [5.41, 5.74) is 10.7. The van der Waals surface area contributed by atoms with Gasteiger partial charge in [-0.25, -0.2) is 15.0 Å². The predicted molar refractivity (Wildman–Crippen MR) is 205 cm³/mol. The monoisotopic (exact) mass is 638 g/mol. The van der Waals surface area contributed by atoms with Gasteiger partial charge in [-0.15, -0.1) is 0 Å². The third-order valence-corrected chi connectivity index (χ3v) is 9.18. The summed E-state index contributed by atoms with van der Waals surface area (Å²) in [6.07, 6.45) is 1.96. The second-order valence-electron chi connectivity index (χ2n) is 12.4. The molecule has 0 aliphatic heterocycles. The molecule has 0 fully saturated rings. The topological polar surface area (TPSA) is 51.6 Å². The minimum Gasteiger partial charge on any atom is -0.256 e. The lowest BCUT2D eigenvalue weighted by molar-refractivity contribution is 1.07. The van der Waals surface area contributed by atoms with E-state index in [1.54, 1.807) is 0 Å². The number of pyridine rings is 1. The lowest BCUT2D eigenvalue weighted by Crippen LogP contribution is -2.00. The largest absolute Gasteiger partial charge is 0.256 e. The molecule has 0 atom stereocenters. The number of hydrogen-bond acceptors (Lipinski definition) is 4. The summed E-state index contributed by atoms with van der Waals surface area (Å²) in [6.45, 7) is 0. The summed E-state index contributed by atoms with van der Waals surface area (Å²) in [7, 11) is 0. The molecule has 7 aromatic carbocycles. The highest BCUT2D eigenvalue weighted by Gasteiger charge is 2.13. The first-order valence-electron chi connectivity index (χ1n) is 16.7. The van der Waals surface area contributed by atoms with Gasteiger partial charge in [0, 0.05) is 33.7 Å². The van der Waals surface area contributed by atoms with E-state index in [2.05, 4.69) is 140 Å². The normalized spacial score (nSPS) is 11.2. The van der Waals surface area contributed by atoms with Crippen LogP contribution in [0.5, 0.6) is 0 Å². The molecule has 4 heteroatoms. The molecule has 9 rings (SSSR count). The highest BCUT2D eigenvalue weighted by molar-refractivity contribution is 6.06. The standard InChI is InChI=1S/C46H30N4/c1-3-10-31(11-4-1)32-18-22-35(23-19-32)45-48-44(34-12-5-2-6-13-34)49-46(50-45)36-24-20-33(21-25-36)37-15-9-16-38(28-37)39-26-27-42-41-17-8-7-14-40(41)30-47-43(42)29-39/h1-30H. The Hall–Kier alpha value is -6.78. The van der Waals surface area contributed by atoms with Crippen LogP contribution in [0, 0.1) is 0 Å². The van der Waals surface area contributed by atoms with Crippen LogP contribution in [0.3, 0.4) is 0 Å². The maximum absolute atomic E-state index is 4.97. The predicted octanol–water partition coefficient (Wildman–Crippen LogP) is 11.6. The van der Waals surface area contributed by atoms with Gasteiger partial charge < -0.3 is 0 Å². The molecular weight excluding hydrogens is 609 g/mol. The fraction of sp³-hybridized carbons (Fsp3) is 0. The van der Waals surface area contributed by atoms with E-state index >= 15 is 0 Å². The molecule has 0 bridgehead atoms. The minimum absolute atomic E-state index is 0.637. The number of rotatable bonds is 6. The SMILES string of the molecule is c1ccc(-c2ccc(-c3nc(-c4ccccc4)nc(-c4ccc(-c5cccc(-c6ccc7c(c6)ncc6ccccc67)c5)cc4)n3)cc2)cc1. The molecule has 2 aromatic heterocycles. The maximum atomic E-state index is 4.97. The molecule has 0 saturated heterocycles. The Labute approximate surface area is 290 Å². The lowest BCUT2D eigenvalue weighted by Gasteiger charge is -2.10. The van der Waals surface area contributed by atoms with Gasteiger partial charge in [0.05, 0.1) is 5.52 Å². The third-order valence-electron chi connectivity index (χ3n) is 9.18. The third kappa shape index (κ3) is 5.69. The van der Waals surface area contributed by atoms with Crippen molar-refractivity contribution >= 4 is 21.7 Å². The summed E-state index contributed by atoms with van der Waals surface area (Å²) in [4.78, 5) is 19.6. The van der Waals surface area contributed by atoms with Gasteiger partial charge in [-0.3, -0.25) is 4.98 Å². The van der Waals surface area contributed by atoms with Crippen LogP contribution in [-0.2, 0) is 0 Å². The smallest absolute Gasteiger partial charge is 0.164 e. The maximum Gasteiger partial charge on any atom is 0.164 e. The summed E-state index contributed by atoms with van der Waals surface area (Å²) < 4.78 is 0. The van der Waals surface area contributed by atoms with Crippen molar-refractivity contribution < 1.29 is 0 Å². The first-order valence-corrected chi connectivity index (χ1v) is 16.7. The second kappa shape index (κ2) is 12.7. The van der Waals surface area contributed by atoms with Crippen molar-refractivity contribution in [3.05, 3.63) is 182 Å². The number of hydrogen-bond donors (Lipinski definition) is 0. The molecule has 0 aliphatic rings. The van der Waals surface area contributed by atoms with Crippen LogP contribution in [0.15, 0.2) is 182 Å². The number of benzene rings is 7. The van der Waals surface area contributed by atoms with Crippen LogP contribution in [0.1, 0.15) is 0 Å². The fourth-order valence-corrected chi connectivity index (χ4v) is 6.52. The van der Waals surface area contributed by atoms with E-state index in [0.717, 1.165) is 55.4 Å². The number of aromatic nitrogens is 4. The van der Waals surface area contributed by atoms with E-state index in [1.165, 1.54) is 16.3 Å². The molecule has 9 aromatic rings. The van der Waals surface area contributed by atoms with Crippen molar-refractivity contribution in [2.45, 2.75) is 0 Å². The van der Waals surface area contributed by atoms with Crippen LogP contribution >= 0.6 is 0 Å². The molecule has 0 radical (unpaired) electrons. The molecule has 0 aliphatic carbocycles. The number of fused-ring (bicyclic) bond motifs is 3. The minimum atomic E-state index is 0.637. The van der Waals surface area contributed by atoms with Crippen molar-refractivity contribution in [1.29, 1.82) is 0 Å². The van der Waals surface area contributed by atoms with Gasteiger partial charge in [0.25, 0.3) is 0 Å². The van der Waals surface area contributed by atoms with Crippen LogP contribution < -0.4 is 0 Å². The van der Waals surface area contributed by atoms with E-state index in [1.807, 2.05) is 42.6 Å². The molecule has 0 N–H and O–H groups in total. The zero-order valence-corrected chi connectivity index (χ0v) is 27.1. The lowest BCUT2D eigenvalue weighted by atomic mass is 9.97. The van der Waals surface area contributed by atoms with Gasteiger partial charge in [-0.05, 0) is 50.9 Å². The molecule has 2 heterocycles. The van der Waals surface area contributed by atoms with Gasteiger partial charge in [-0.1, -0.05) is 164 Å². The Morgan fingerprint density at radius 1 is 0.280 bits per heavy atom. The van der Waals surface area contributed by atoms with Gasteiger partial charge in [0.2, 0.25) is 0 Å². The van der Waals surface area contributed by atoms with Crippen molar-refractivity contribution in [3.8, 4) is 67.5 Å². The first-order chi connectivity index (χ1) is 24.7. The fourth-order valence-electron chi connectivity index (χ4n) is 6.52. The van der Waals surface area contributed by atoms with Crippen LogP contribution in [0.4, 0.5) is 0 Å². The van der Waals surface area contributed by atoms with Gasteiger partial charge >= 0.3 is 0 Å². The van der Waals surface area contributed by atoms with Crippen molar-refractivity contribution in [1.82, 2.24) is 19.9 Å². The van der Waals surface area contributed by atoms with Crippen molar-refractivity contribution in [2.24, 2.45) is 0 Å². The molecule has 4 nitrogen and oxygen atoms in total. The van der Waals surface area contributed by atoms with Crippen LogP contribution in [-0.4, -0.2) is 19.9 Å². The first kappa shape index (κ1) is 29.4. The Bertz CT molecular complexity index is 2620.